The highest BCUT2D eigenvalue weighted by atomic mass is 16.5. The van der Waals surface area contributed by atoms with Crippen LogP contribution in [0, 0.1) is 5.92 Å². The number of hydrogen-bond acceptors (Lipinski definition) is 5. The van der Waals surface area contributed by atoms with Crippen molar-refractivity contribution in [1.82, 2.24) is 4.90 Å². The summed E-state index contributed by atoms with van der Waals surface area (Å²) in [5.41, 5.74) is 1.00. The second-order valence-corrected chi connectivity index (χ2v) is 6.35. The van der Waals surface area contributed by atoms with E-state index in [0.29, 0.717) is 13.1 Å². The van der Waals surface area contributed by atoms with Gasteiger partial charge in [-0.3, -0.25) is 9.59 Å². The first-order chi connectivity index (χ1) is 11.9. The standard InChI is InChI=1S/C18H26N2O5/c1-13(9-18(22)23)8-17(21)20-6-4-19(5-7-20)14-10-15(24-2)12-16(11-14)25-3/h10-13H,4-9H2,1-3H3,(H,22,23). The maximum Gasteiger partial charge on any atom is 0.303 e. The fraction of sp³-hybridized carbons (Fsp3) is 0.556. The van der Waals surface area contributed by atoms with E-state index in [1.165, 1.54) is 0 Å². The van der Waals surface area contributed by atoms with Gasteiger partial charge in [-0.1, -0.05) is 6.92 Å². The van der Waals surface area contributed by atoms with Crippen LogP contribution in [0.2, 0.25) is 0 Å². The molecule has 1 aromatic carbocycles. The Morgan fingerprint density at radius 1 is 1.04 bits per heavy atom. The number of carbonyl (C=O) groups is 2. The monoisotopic (exact) mass is 350 g/mol. The highest BCUT2D eigenvalue weighted by molar-refractivity contribution is 5.77. The molecule has 138 valence electrons. The number of benzene rings is 1. The smallest absolute Gasteiger partial charge is 0.303 e. The quantitative estimate of drug-likeness (QED) is 0.808. The molecule has 0 spiro atoms. The number of amides is 1. The molecular formula is C18H26N2O5. The van der Waals surface area contributed by atoms with Gasteiger partial charge in [-0.25, -0.2) is 0 Å². The third-order valence-corrected chi connectivity index (χ3v) is 4.38. The molecule has 2 rings (SSSR count). The van der Waals surface area contributed by atoms with Gasteiger partial charge in [-0.2, -0.15) is 0 Å². The van der Waals surface area contributed by atoms with Gasteiger partial charge in [0.1, 0.15) is 11.5 Å². The summed E-state index contributed by atoms with van der Waals surface area (Å²) in [6, 6.07) is 5.73. The van der Waals surface area contributed by atoms with E-state index in [2.05, 4.69) is 4.90 Å². The first-order valence-corrected chi connectivity index (χ1v) is 8.40. The Kier molecular flexibility index (Phi) is 6.50. The van der Waals surface area contributed by atoms with E-state index in [0.717, 1.165) is 30.3 Å². The predicted octanol–water partition coefficient (Wildman–Crippen LogP) is 1.85. The molecule has 0 saturated carbocycles. The van der Waals surface area contributed by atoms with Gasteiger partial charge < -0.3 is 24.4 Å². The van der Waals surface area contributed by atoms with Crippen molar-refractivity contribution in [2.24, 2.45) is 5.92 Å². The maximum absolute atomic E-state index is 12.3. The number of ether oxygens (including phenoxy) is 2. The fourth-order valence-electron chi connectivity index (χ4n) is 2.99. The number of anilines is 1. The van der Waals surface area contributed by atoms with Crippen molar-refractivity contribution in [3.05, 3.63) is 18.2 Å². The minimum Gasteiger partial charge on any atom is -0.497 e. The molecule has 1 amide bonds. The van der Waals surface area contributed by atoms with Gasteiger partial charge in [0, 0.05) is 62.9 Å². The lowest BCUT2D eigenvalue weighted by molar-refractivity contribution is -0.138. The predicted molar refractivity (Wildman–Crippen MR) is 94.4 cm³/mol. The number of carboxylic acid groups (broad SMARTS) is 1. The summed E-state index contributed by atoms with van der Waals surface area (Å²) in [6.07, 6.45) is 0.300. The first-order valence-electron chi connectivity index (χ1n) is 8.40. The van der Waals surface area contributed by atoms with Gasteiger partial charge in [0.25, 0.3) is 0 Å². The van der Waals surface area contributed by atoms with E-state index in [1.54, 1.807) is 21.1 Å². The van der Waals surface area contributed by atoms with Crippen molar-refractivity contribution >= 4 is 17.6 Å². The van der Waals surface area contributed by atoms with E-state index in [1.807, 2.05) is 23.1 Å². The summed E-state index contributed by atoms with van der Waals surface area (Å²) in [5, 5.41) is 8.80. The number of hydrogen-bond donors (Lipinski definition) is 1. The fourth-order valence-corrected chi connectivity index (χ4v) is 2.99. The number of piperazine rings is 1. The molecule has 7 heteroatoms. The average molecular weight is 350 g/mol. The van der Waals surface area contributed by atoms with Gasteiger partial charge in [-0.15, -0.1) is 0 Å². The lowest BCUT2D eigenvalue weighted by Crippen LogP contribution is -2.49. The highest BCUT2D eigenvalue weighted by Gasteiger charge is 2.23. The van der Waals surface area contributed by atoms with Crippen LogP contribution in [0.15, 0.2) is 18.2 Å². The third-order valence-electron chi connectivity index (χ3n) is 4.38. The van der Waals surface area contributed by atoms with E-state index >= 15 is 0 Å². The molecule has 7 nitrogen and oxygen atoms in total. The van der Waals surface area contributed by atoms with Crippen LogP contribution in [0.3, 0.4) is 0 Å². The maximum atomic E-state index is 12.3. The summed E-state index contributed by atoms with van der Waals surface area (Å²) in [7, 11) is 3.24. The van der Waals surface area contributed by atoms with Crippen LogP contribution in [0.25, 0.3) is 0 Å². The number of rotatable bonds is 7. The zero-order valence-corrected chi connectivity index (χ0v) is 15.0. The molecule has 1 aliphatic rings. The van der Waals surface area contributed by atoms with Crippen LogP contribution >= 0.6 is 0 Å². The van der Waals surface area contributed by atoms with E-state index in [4.69, 9.17) is 14.6 Å². The van der Waals surface area contributed by atoms with Crippen molar-refractivity contribution in [2.75, 3.05) is 45.3 Å². The Balaban J connectivity index is 1.93. The average Bonchev–Trinajstić information content (AvgIpc) is 2.60. The van der Waals surface area contributed by atoms with Gasteiger partial charge in [0.05, 0.1) is 14.2 Å². The SMILES string of the molecule is COc1cc(OC)cc(N2CCN(C(=O)CC(C)CC(=O)O)CC2)c1. The van der Waals surface area contributed by atoms with Gasteiger partial charge in [-0.05, 0) is 5.92 Å². The zero-order chi connectivity index (χ0) is 18.4. The summed E-state index contributed by atoms with van der Waals surface area (Å²) < 4.78 is 10.6. The minimum atomic E-state index is -0.864. The van der Waals surface area contributed by atoms with E-state index in [9.17, 15) is 9.59 Å². The molecule has 1 aliphatic heterocycles. The molecule has 0 aromatic heterocycles. The Morgan fingerprint density at radius 2 is 1.60 bits per heavy atom. The lowest BCUT2D eigenvalue weighted by atomic mass is 10.0. The Morgan fingerprint density at radius 3 is 2.08 bits per heavy atom. The number of aliphatic carboxylic acids is 1. The molecule has 0 radical (unpaired) electrons. The van der Waals surface area contributed by atoms with Gasteiger partial charge in [0.2, 0.25) is 5.91 Å². The van der Waals surface area contributed by atoms with Gasteiger partial charge >= 0.3 is 5.97 Å². The second kappa shape index (κ2) is 8.60. The van der Waals surface area contributed by atoms with Crippen molar-refractivity contribution in [2.45, 2.75) is 19.8 Å². The molecule has 0 bridgehead atoms. The summed E-state index contributed by atoms with van der Waals surface area (Å²) >= 11 is 0. The van der Waals surface area contributed by atoms with Crippen LogP contribution < -0.4 is 14.4 Å². The van der Waals surface area contributed by atoms with Crippen molar-refractivity contribution < 1.29 is 24.2 Å². The highest BCUT2D eigenvalue weighted by Crippen LogP contribution is 2.29. The summed E-state index contributed by atoms with van der Waals surface area (Å²) in [4.78, 5) is 27.0. The Bertz CT molecular complexity index is 589. The zero-order valence-electron chi connectivity index (χ0n) is 15.0. The lowest BCUT2D eigenvalue weighted by Gasteiger charge is -2.36. The molecule has 1 aromatic rings. The summed E-state index contributed by atoms with van der Waals surface area (Å²) in [6.45, 7) is 4.48. The molecule has 1 unspecified atom stereocenters. The number of carbonyl (C=O) groups excluding carboxylic acids is 1. The topological polar surface area (TPSA) is 79.3 Å². The molecule has 1 heterocycles. The Labute approximate surface area is 148 Å². The normalized spacial score (nSPS) is 15.6. The number of methoxy groups -OCH3 is 2. The molecule has 1 fully saturated rings. The van der Waals surface area contributed by atoms with E-state index in [-0.39, 0.29) is 24.7 Å². The molecule has 25 heavy (non-hydrogen) atoms. The van der Waals surface area contributed by atoms with Crippen LogP contribution in [0.1, 0.15) is 19.8 Å². The van der Waals surface area contributed by atoms with Gasteiger partial charge in [0.15, 0.2) is 0 Å². The minimum absolute atomic E-state index is 0.0231. The van der Waals surface area contributed by atoms with E-state index < -0.39 is 5.97 Å². The molecule has 1 N–H and O–H groups in total. The molecule has 0 aliphatic carbocycles. The number of carboxylic acids is 1. The van der Waals surface area contributed by atoms with Crippen LogP contribution in [0.5, 0.6) is 11.5 Å². The largest absolute Gasteiger partial charge is 0.497 e. The van der Waals surface area contributed by atoms with Crippen LogP contribution in [-0.2, 0) is 9.59 Å². The third kappa shape index (κ3) is 5.27. The van der Waals surface area contributed by atoms with Crippen LogP contribution in [-0.4, -0.2) is 62.3 Å². The first kappa shape index (κ1) is 18.9. The van der Waals surface area contributed by atoms with Crippen molar-refractivity contribution in [1.29, 1.82) is 0 Å². The van der Waals surface area contributed by atoms with Crippen LogP contribution in [0.4, 0.5) is 5.69 Å². The summed E-state index contributed by atoms with van der Waals surface area (Å²) in [5.74, 6) is 0.477. The molecule has 1 saturated heterocycles. The Hall–Kier alpha value is -2.44. The van der Waals surface area contributed by atoms with Crippen molar-refractivity contribution in [3.63, 3.8) is 0 Å². The van der Waals surface area contributed by atoms with Crippen molar-refractivity contribution in [3.8, 4) is 11.5 Å². The molecular weight excluding hydrogens is 324 g/mol. The molecule has 1 atom stereocenters. The number of nitrogens with zero attached hydrogens (tertiary/aromatic N) is 2. The second-order valence-electron chi connectivity index (χ2n) is 6.35.